The molecule has 0 radical (unpaired) electrons. The molecule has 1 amide bonds. The fourth-order valence-corrected chi connectivity index (χ4v) is 4.03. The predicted octanol–water partition coefficient (Wildman–Crippen LogP) is 2.19. The summed E-state index contributed by atoms with van der Waals surface area (Å²) in [5.74, 6) is -0.525. The number of carbonyl (C=O) groups excluding carboxylic acids is 1. The molecule has 0 spiro atoms. The van der Waals surface area contributed by atoms with Crippen LogP contribution in [0.1, 0.15) is 18.4 Å². The van der Waals surface area contributed by atoms with E-state index >= 15 is 0 Å². The van der Waals surface area contributed by atoms with Crippen LogP contribution in [-0.4, -0.2) is 47.8 Å². The second-order valence-electron chi connectivity index (χ2n) is 6.50. The topological polar surface area (TPSA) is 84.3 Å². The summed E-state index contributed by atoms with van der Waals surface area (Å²) in [5.41, 5.74) is 1.65. The summed E-state index contributed by atoms with van der Waals surface area (Å²) in [6, 6.07) is 7.48. The highest BCUT2D eigenvalue weighted by Gasteiger charge is 2.30. The number of piperidine rings is 1. The van der Waals surface area contributed by atoms with Crippen LogP contribution in [0.15, 0.2) is 36.7 Å². The summed E-state index contributed by atoms with van der Waals surface area (Å²) in [6.45, 7) is 1.27. The number of aromatic nitrogens is 2. The van der Waals surface area contributed by atoms with Gasteiger partial charge in [-0.3, -0.25) is 9.48 Å². The van der Waals surface area contributed by atoms with Crippen molar-refractivity contribution in [2.75, 3.05) is 24.7 Å². The van der Waals surface area contributed by atoms with Gasteiger partial charge in [0.15, 0.2) is 0 Å². The second kappa shape index (κ2) is 7.77. The lowest BCUT2D eigenvalue weighted by Crippen LogP contribution is -2.43. The molecule has 0 saturated carbocycles. The normalized spacial score (nSPS) is 18.6. The third-order valence-electron chi connectivity index (χ3n) is 4.38. The molecule has 26 heavy (non-hydrogen) atoms. The lowest BCUT2D eigenvalue weighted by atomic mass is 9.99. The number of benzene rings is 1. The van der Waals surface area contributed by atoms with E-state index in [0.29, 0.717) is 36.6 Å². The Balaban J connectivity index is 1.59. The first-order valence-electron chi connectivity index (χ1n) is 8.34. The maximum Gasteiger partial charge on any atom is 0.228 e. The number of nitrogens with zero attached hydrogens (tertiary/aromatic N) is 3. The molecule has 9 heteroatoms. The van der Waals surface area contributed by atoms with Crippen LogP contribution >= 0.6 is 11.6 Å². The van der Waals surface area contributed by atoms with E-state index in [9.17, 15) is 13.2 Å². The highest BCUT2D eigenvalue weighted by molar-refractivity contribution is 7.88. The molecule has 0 aliphatic carbocycles. The number of anilines is 1. The van der Waals surface area contributed by atoms with Gasteiger partial charge in [-0.15, -0.1) is 0 Å². The van der Waals surface area contributed by atoms with Gasteiger partial charge >= 0.3 is 0 Å². The lowest BCUT2D eigenvalue weighted by molar-refractivity contribution is -0.120. The molecule has 1 aliphatic rings. The molecule has 0 unspecified atom stereocenters. The van der Waals surface area contributed by atoms with Gasteiger partial charge in [0.1, 0.15) is 0 Å². The summed E-state index contributed by atoms with van der Waals surface area (Å²) in [5, 5.41) is 7.76. The fourth-order valence-electron chi connectivity index (χ4n) is 2.99. The third-order valence-corrected chi connectivity index (χ3v) is 5.90. The van der Waals surface area contributed by atoms with E-state index in [-0.39, 0.29) is 18.4 Å². The minimum atomic E-state index is -3.27. The largest absolute Gasteiger partial charge is 0.323 e. The Morgan fingerprint density at radius 3 is 2.77 bits per heavy atom. The number of amides is 1. The number of carbonyl (C=O) groups is 1. The number of sulfonamides is 1. The van der Waals surface area contributed by atoms with Crippen LogP contribution in [0.2, 0.25) is 5.02 Å². The monoisotopic (exact) mass is 396 g/mol. The van der Waals surface area contributed by atoms with Crippen molar-refractivity contribution in [3.8, 4) is 0 Å². The van der Waals surface area contributed by atoms with Crippen molar-refractivity contribution < 1.29 is 13.2 Å². The van der Waals surface area contributed by atoms with E-state index in [0.717, 1.165) is 5.56 Å². The summed E-state index contributed by atoms with van der Waals surface area (Å²) >= 11 is 5.88. The SMILES string of the molecule is CS(=O)(=O)N1CCC[C@@H](C(=O)Nc2cnn(Cc3ccc(Cl)cc3)c2)C1. The number of halogens is 1. The molecule has 2 heterocycles. The Bertz CT molecular complexity index is 880. The summed E-state index contributed by atoms with van der Waals surface area (Å²) in [6.07, 6.45) is 5.88. The molecule has 1 N–H and O–H groups in total. The van der Waals surface area contributed by atoms with Crippen molar-refractivity contribution in [2.24, 2.45) is 5.92 Å². The van der Waals surface area contributed by atoms with Crippen LogP contribution in [0, 0.1) is 5.92 Å². The van der Waals surface area contributed by atoms with E-state index in [4.69, 9.17) is 11.6 Å². The van der Waals surface area contributed by atoms with Gasteiger partial charge < -0.3 is 5.32 Å². The zero-order valence-corrected chi connectivity index (χ0v) is 16.0. The zero-order valence-electron chi connectivity index (χ0n) is 14.4. The number of hydrogen-bond donors (Lipinski definition) is 1. The summed E-state index contributed by atoms with van der Waals surface area (Å²) in [7, 11) is -3.27. The van der Waals surface area contributed by atoms with Gasteiger partial charge in [0.25, 0.3) is 0 Å². The number of rotatable bonds is 5. The first-order valence-corrected chi connectivity index (χ1v) is 10.6. The van der Waals surface area contributed by atoms with Crippen molar-refractivity contribution in [1.82, 2.24) is 14.1 Å². The highest BCUT2D eigenvalue weighted by Crippen LogP contribution is 2.20. The van der Waals surface area contributed by atoms with Gasteiger partial charge in [-0.2, -0.15) is 5.10 Å². The molecule has 2 aromatic rings. The van der Waals surface area contributed by atoms with Crippen LogP contribution in [0.5, 0.6) is 0 Å². The van der Waals surface area contributed by atoms with Crippen molar-refractivity contribution in [1.29, 1.82) is 0 Å². The number of nitrogens with one attached hydrogen (secondary N) is 1. The van der Waals surface area contributed by atoms with Gasteiger partial charge in [-0.1, -0.05) is 23.7 Å². The Hall–Kier alpha value is -1.90. The second-order valence-corrected chi connectivity index (χ2v) is 8.92. The lowest BCUT2D eigenvalue weighted by Gasteiger charge is -2.29. The van der Waals surface area contributed by atoms with Crippen LogP contribution in [0.3, 0.4) is 0 Å². The molecule has 3 rings (SSSR count). The smallest absolute Gasteiger partial charge is 0.228 e. The molecule has 1 aromatic heterocycles. The van der Waals surface area contributed by atoms with E-state index in [1.54, 1.807) is 17.1 Å². The van der Waals surface area contributed by atoms with Crippen LogP contribution in [-0.2, 0) is 21.4 Å². The Morgan fingerprint density at radius 2 is 2.08 bits per heavy atom. The third kappa shape index (κ3) is 4.84. The first-order chi connectivity index (χ1) is 12.3. The van der Waals surface area contributed by atoms with Gasteiger partial charge in [0.2, 0.25) is 15.9 Å². The first kappa shape index (κ1) is 18.9. The van der Waals surface area contributed by atoms with E-state index in [1.807, 2.05) is 24.3 Å². The van der Waals surface area contributed by atoms with Gasteiger partial charge in [0, 0.05) is 24.3 Å². The van der Waals surface area contributed by atoms with Gasteiger partial charge in [0.05, 0.1) is 30.6 Å². The molecule has 1 aromatic carbocycles. The van der Waals surface area contributed by atoms with Crippen LogP contribution in [0.4, 0.5) is 5.69 Å². The predicted molar refractivity (Wildman–Crippen MR) is 101 cm³/mol. The number of hydrogen-bond acceptors (Lipinski definition) is 4. The molecule has 1 aliphatic heterocycles. The molecule has 7 nitrogen and oxygen atoms in total. The van der Waals surface area contributed by atoms with E-state index < -0.39 is 10.0 Å². The molecule has 140 valence electrons. The maximum atomic E-state index is 12.5. The van der Waals surface area contributed by atoms with Crippen LogP contribution < -0.4 is 5.32 Å². The summed E-state index contributed by atoms with van der Waals surface area (Å²) in [4.78, 5) is 12.5. The molecule has 0 bridgehead atoms. The average Bonchev–Trinajstić information content (AvgIpc) is 3.03. The highest BCUT2D eigenvalue weighted by atomic mass is 35.5. The Labute approximate surface area is 158 Å². The molecule has 1 atom stereocenters. The van der Waals surface area contributed by atoms with Crippen molar-refractivity contribution >= 4 is 33.2 Å². The standard InChI is InChI=1S/C17H21ClN4O3S/c1-26(24,25)22-8-2-3-14(11-22)17(23)20-16-9-19-21(12-16)10-13-4-6-15(18)7-5-13/h4-7,9,12,14H,2-3,8,10-11H2,1H3,(H,20,23)/t14-/m1/s1. The summed E-state index contributed by atoms with van der Waals surface area (Å²) < 4.78 is 26.5. The van der Waals surface area contributed by atoms with Gasteiger partial charge in [-0.05, 0) is 30.5 Å². The molecule has 1 saturated heterocycles. The molecular formula is C17H21ClN4O3S. The van der Waals surface area contributed by atoms with E-state index in [2.05, 4.69) is 10.4 Å². The molecule has 1 fully saturated rings. The zero-order chi connectivity index (χ0) is 18.7. The quantitative estimate of drug-likeness (QED) is 0.839. The van der Waals surface area contributed by atoms with Crippen molar-refractivity contribution in [3.05, 3.63) is 47.2 Å². The van der Waals surface area contributed by atoms with Crippen molar-refractivity contribution in [3.63, 3.8) is 0 Å². The Morgan fingerprint density at radius 1 is 1.35 bits per heavy atom. The van der Waals surface area contributed by atoms with Crippen molar-refractivity contribution in [2.45, 2.75) is 19.4 Å². The molecular weight excluding hydrogens is 376 g/mol. The van der Waals surface area contributed by atoms with E-state index in [1.165, 1.54) is 10.6 Å². The minimum absolute atomic E-state index is 0.176. The minimum Gasteiger partial charge on any atom is -0.323 e. The van der Waals surface area contributed by atoms with Gasteiger partial charge in [-0.25, -0.2) is 12.7 Å². The fraction of sp³-hybridized carbons (Fsp3) is 0.412. The average molecular weight is 397 g/mol. The maximum absolute atomic E-state index is 12.5. The Kier molecular flexibility index (Phi) is 5.64. The van der Waals surface area contributed by atoms with Crippen LogP contribution in [0.25, 0.3) is 0 Å².